The molecule has 0 saturated heterocycles. The van der Waals surface area contributed by atoms with Crippen LogP contribution in [0.1, 0.15) is 66.2 Å². The van der Waals surface area contributed by atoms with E-state index in [0.717, 1.165) is 37.8 Å². The molecule has 282 valence electrons. The summed E-state index contributed by atoms with van der Waals surface area (Å²) < 4.78 is 44.2. The Bertz CT molecular complexity index is 834. The van der Waals surface area contributed by atoms with Crippen molar-refractivity contribution in [1.82, 2.24) is 16.0 Å². The van der Waals surface area contributed by atoms with Crippen LogP contribution in [0.15, 0.2) is 11.4 Å². The second-order valence-corrected chi connectivity index (χ2v) is 11.8. The van der Waals surface area contributed by atoms with E-state index in [2.05, 4.69) is 29.8 Å². The number of nitrogens with one attached hydrogen (secondary N) is 3. The molecule has 0 spiro atoms. The molecule has 0 aromatic carbocycles. The fourth-order valence-electron chi connectivity index (χ4n) is 4.43. The number of nitrogens with two attached hydrogens (primary N) is 1. The maximum absolute atomic E-state index is 12.3. The van der Waals surface area contributed by atoms with Crippen LogP contribution in [0.4, 0.5) is 0 Å². The van der Waals surface area contributed by atoms with Crippen LogP contribution >= 0.6 is 0 Å². The van der Waals surface area contributed by atoms with E-state index in [1.165, 1.54) is 0 Å². The van der Waals surface area contributed by atoms with Gasteiger partial charge in [0.1, 0.15) is 6.61 Å². The number of allylic oxidation sites excluding steroid dienone is 1. The Labute approximate surface area is 288 Å². The van der Waals surface area contributed by atoms with Crippen LogP contribution in [-0.2, 0) is 47.5 Å². The molecule has 1 rings (SSSR count). The fourth-order valence-corrected chi connectivity index (χ4v) is 4.43. The number of ether oxygens (including phenoxy) is 8. The van der Waals surface area contributed by atoms with Crippen LogP contribution < -0.4 is 21.7 Å². The molecule has 0 radical (unpaired) electrons. The lowest BCUT2D eigenvalue weighted by molar-refractivity contribution is -0.127. The molecule has 1 unspecified atom stereocenters. The minimum absolute atomic E-state index is 0.000797. The summed E-state index contributed by atoms with van der Waals surface area (Å²) in [5.74, 6) is 0.196. The van der Waals surface area contributed by atoms with Crippen LogP contribution in [0, 0.1) is 5.92 Å². The van der Waals surface area contributed by atoms with Crippen molar-refractivity contribution in [1.29, 1.82) is 0 Å². The van der Waals surface area contributed by atoms with Crippen LogP contribution in [0.3, 0.4) is 0 Å². The van der Waals surface area contributed by atoms with Crippen molar-refractivity contribution in [3.8, 4) is 0 Å². The first-order valence-corrected chi connectivity index (χ1v) is 17.8. The Kier molecular flexibility index (Phi) is 28.4. The van der Waals surface area contributed by atoms with Crippen LogP contribution in [0.25, 0.3) is 0 Å². The molecule has 1 aliphatic carbocycles. The van der Waals surface area contributed by atoms with Gasteiger partial charge in [0.05, 0.1) is 97.7 Å². The Morgan fingerprint density at radius 1 is 0.708 bits per heavy atom. The predicted molar refractivity (Wildman–Crippen MR) is 184 cm³/mol. The zero-order chi connectivity index (χ0) is 35.1. The number of rotatable bonds is 31. The van der Waals surface area contributed by atoms with Gasteiger partial charge in [0.15, 0.2) is 0 Å². The molecule has 0 aliphatic heterocycles. The quantitative estimate of drug-likeness (QED) is 0.0781. The number of hydrogen-bond acceptors (Lipinski definition) is 12. The number of carbonyl (C=O) groups excluding carboxylic acids is 2. The molecule has 0 fully saturated rings. The van der Waals surface area contributed by atoms with Gasteiger partial charge in [0, 0.05) is 37.9 Å². The van der Waals surface area contributed by atoms with Gasteiger partial charge in [-0.25, -0.2) is 0 Å². The molecule has 0 bridgehead atoms. The summed E-state index contributed by atoms with van der Waals surface area (Å²) in [6, 6.07) is 0.153. The zero-order valence-corrected chi connectivity index (χ0v) is 30.2. The van der Waals surface area contributed by atoms with Gasteiger partial charge in [0.25, 0.3) is 0 Å². The van der Waals surface area contributed by atoms with Crippen LogP contribution in [0.5, 0.6) is 0 Å². The van der Waals surface area contributed by atoms with Gasteiger partial charge in [-0.05, 0) is 39.0 Å². The summed E-state index contributed by atoms with van der Waals surface area (Å²) in [6.45, 7) is 15.9. The number of carbonyl (C=O) groups is 2. The van der Waals surface area contributed by atoms with Gasteiger partial charge < -0.3 is 59.6 Å². The van der Waals surface area contributed by atoms with Crippen molar-refractivity contribution in [3.63, 3.8) is 0 Å². The van der Waals surface area contributed by atoms with E-state index in [-0.39, 0.29) is 30.6 Å². The van der Waals surface area contributed by atoms with Crippen molar-refractivity contribution in [2.75, 3.05) is 112 Å². The Balaban J connectivity index is 2.03. The lowest BCUT2D eigenvalue weighted by Crippen LogP contribution is -2.36. The molecule has 2 amide bonds. The summed E-state index contributed by atoms with van der Waals surface area (Å²) in [4.78, 5) is 24.2. The minimum atomic E-state index is -0.306. The highest BCUT2D eigenvalue weighted by atomic mass is 16.6. The molecule has 0 saturated carbocycles. The largest absolute Gasteiger partial charge is 0.399 e. The highest BCUT2D eigenvalue weighted by molar-refractivity contribution is 5.77. The van der Waals surface area contributed by atoms with E-state index >= 15 is 0 Å². The molecule has 2 atom stereocenters. The second kappa shape index (κ2) is 31.0. The lowest BCUT2D eigenvalue weighted by atomic mass is 9.99. The third-order valence-corrected chi connectivity index (χ3v) is 7.58. The van der Waals surface area contributed by atoms with Crippen LogP contribution in [-0.4, -0.2) is 136 Å². The molecule has 0 aromatic rings. The molecule has 48 heavy (non-hydrogen) atoms. The zero-order valence-electron chi connectivity index (χ0n) is 30.2. The van der Waals surface area contributed by atoms with Crippen molar-refractivity contribution in [2.45, 2.75) is 78.4 Å². The molecule has 0 aromatic heterocycles. The van der Waals surface area contributed by atoms with E-state index < -0.39 is 0 Å². The van der Waals surface area contributed by atoms with Crippen molar-refractivity contribution < 1.29 is 47.5 Å². The van der Waals surface area contributed by atoms with Gasteiger partial charge in [-0.15, -0.1) is 0 Å². The monoisotopic (exact) mass is 690 g/mol. The second-order valence-electron chi connectivity index (χ2n) is 11.8. The van der Waals surface area contributed by atoms with E-state index in [0.29, 0.717) is 124 Å². The van der Waals surface area contributed by atoms with Crippen LogP contribution in [0.2, 0.25) is 0 Å². The highest BCUT2D eigenvalue weighted by Crippen LogP contribution is 2.21. The Morgan fingerprint density at radius 2 is 1.25 bits per heavy atom. The van der Waals surface area contributed by atoms with Gasteiger partial charge in [0.2, 0.25) is 11.8 Å². The highest BCUT2D eigenvalue weighted by Gasteiger charge is 2.20. The van der Waals surface area contributed by atoms with E-state index in [1.54, 1.807) is 0 Å². The van der Waals surface area contributed by atoms with Gasteiger partial charge in [-0.2, -0.15) is 0 Å². The first kappa shape index (κ1) is 44.0. The summed E-state index contributed by atoms with van der Waals surface area (Å²) in [7, 11) is 0. The minimum Gasteiger partial charge on any atom is -0.399 e. The molecule has 1 aliphatic rings. The van der Waals surface area contributed by atoms with E-state index in [9.17, 15) is 9.59 Å². The smallest absolute Gasteiger partial charge is 0.246 e. The summed E-state index contributed by atoms with van der Waals surface area (Å²) in [6.07, 6.45) is 4.81. The van der Waals surface area contributed by atoms with Crippen molar-refractivity contribution >= 4 is 11.8 Å². The Morgan fingerprint density at radius 3 is 1.83 bits per heavy atom. The standard InChI is InChI=1S/C34H66N4O10/c1-5-41-17-18-45-23-20-43-15-12-36-30-9-7-6-8-10-31(34(30)35)48-27-33(40)37-13-16-44-21-24-47-26-25-46-22-19-42-14-11-32(39)38-29(4)28(2)3/h28-29,31,36H,5-27,35H2,1-4H3,(H,37,40)(H,38,39)/b34-30-/t29-,31?/m1/s1. The van der Waals surface area contributed by atoms with Crippen molar-refractivity contribution in [2.24, 2.45) is 11.7 Å². The average Bonchev–Trinajstić information content (AvgIpc) is 3.06. The van der Waals surface area contributed by atoms with Gasteiger partial charge in [-0.1, -0.05) is 26.7 Å². The lowest BCUT2D eigenvalue weighted by Gasteiger charge is -2.25. The molecule has 0 heterocycles. The third kappa shape index (κ3) is 25.0. The van der Waals surface area contributed by atoms with Gasteiger partial charge >= 0.3 is 0 Å². The molecule has 14 heteroatoms. The molecule has 5 N–H and O–H groups in total. The summed E-state index contributed by atoms with van der Waals surface area (Å²) in [5.41, 5.74) is 8.12. The summed E-state index contributed by atoms with van der Waals surface area (Å²) in [5, 5.41) is 9.17. The normalized spacial score (nSPS) is 17.6. The predicted octanol–water partition coefficient (Wildman–Crippen LogP) is 1.90. The first-order valence-electron chi connectivity index (χ1n) is 17.8. The number of amides is 2. The Hall–Kier alpha value is -2.04. The first-order chi connectivity index (χ1) is 23.3. The third-order valence-electron chi connectivity index (χ3n) is 7.58. The average molecular weight is 691 g/mol. The fraction of sp³-hybridized carbons (Fsp3) is 0.882. The summed E-state index contributed by atoms with van der Waals surface area (Å²) >= 11 is 0. The van der Waals surface area contributed by atoms with E-state index in [4.69, 9.17) is 43.6 Å². The van der Waals surface area contributed by atoms with Crippen molar-refractivity contribution in [3.05, 3.63) is 11.4 Å². The maximum atomic E-state index is 12.3. The van der Waals surface area contributed by atoms with Gasteiger partial charge in [-0.3, -0.25) is 9.59 Å². The molecule has 14 nitrogen and oxygen atoms in total. The molecular formula is C34H66N4O10. The number of hydrogen-bond donors (Lipinski definition) is 4. The maximum Gasteiger partial charge on any atom is 0.246 e. The van der Waals surface area contributed by atoms with E-state index in [1.807, 2.05) is 13.8 Å². The SMILES string of the molecule is CCOCCOCCOCCN/C1=C(\N)C(OCC(=O)NCCOCCOCCOCCOCCC(=O)N[C@H](C)C(C)C)CCCCC1. The molecular weight excluding hydrogens is 624 g/mol. The topological polar surface area (TPSA) is 170 Å².